The molecule has 1 unspecified atom stereocenters. The molecule has 176 valence electrons. The summed E-state index contributed by atoms with van der Waals surface area (Å²) in [5.74, 6) is 4.65. The van der Waals surface area contributed by atoms with Crippen molar-refractivity contribution in [3.63, 3.8) is 0 Å². The smallest absolute Gasteiger partial charge is 0.343 e. The number of methoxy groups -OCH3 is 1. The predicted octanol–water partition coefficient (Wildman–Crippen LogP) is 2.40. The van der Waals surface area contributed by atoms with Gasteiger partial charge < -0.3 is 15.2 Å². The molecule has 0 aromatic heterocycles. The van der Waals surface area contributed by atoms with E-state index in [-0.39, 0.29) is 11.3 Å². The van der Waals surface area contributed by atoms with Crippen molar-refractivity contribution in [2.24, 2.45) is 5.73 Å². The number of hydrogen-bond acceptors (Lipinski definition) is 8. The van der Waals surface area contributed by atoms with Gasteiger partial charge in [0, 0.05) is 18.0 Å². The van der Waals surface area contributed by atoms with Crippen molar-refractivity contribution in [2.45, 2.75) is 21.1 Å². The molecule has 0 saturated carbocycles. The first kappa shape index (κ1) is 25.3. The van der Waals surface area contributed by atoms with Gasteiger partial charge in [-0.25, -0.2) is 13.2 Å². The largest absolute Gasteiger partial charge is 0.467 e. The highest BCUT2D eigenvalue weighted by atomic mass is 32.2. The molecule has 2 aromatic rings. The van der Waals surface area contributed by atoms with Crippen LogP contribution in [0.15, 0.2) is 58.3 Å². The minimum atomic E-state index is -4.26. The van der Waals surface area contributed by atoms with Crippen LogP contribution in [0.3, 0.4) is 0 Å². The number of carbonyl (C=O) groups excluding carboxylic acids is 1. The molecule has 0 amide bonds. The van der Waals surface area contributed by atoms with Crippen LogP contribution in [0.2, 0.25) is 0 Å². The van der Waals surface area contributed by atoms with Crippen LogP contribution in [0.25, 0.3) is 11.1 Å². The highest BCUT2D eigenvalue weighted by molar-refractivity contribution is 7.98. The van der Waals surface area contributed by atoms with Crippen LogP contribution in [0, 0.1) is 11.8 Å². The SMILES string of the molecule is COC(=O)C(N)(CC#CCN1CCOCC1)S(=O)(=O)c1ccc(-c2ccc(SC)cc2)cc1. The number of sulfone groups is 1. The zero-order chi connectivity index (χ0) is 23.9. The number of nitrogens with two attached hydrogens (primary N) is 1. The second-order valence-corrected chi connectivity index (χ2v) is 10.6. The van der Waals surface area contributed by atoms with E-state index in [9.17, 15) is 13.2 Å². The number of ether oxygens (including phenoxy) is 2. The quantitative estimate of drug-likeness (QED) is 0.360. The van der Waals surface area contributed by atoms with E-state index < -0.39 is 20.7 Å². The molecule has 9 heteroatoms. The normalized spacial score (nSPS) is 16.3. The molecule has 0 radical (unpaired) electrons. The number of hydrogen-bond donors (Lipinski definition) is 1. The topological polar surface area (TPSA) is 98.9 Å². The molecule has 0 spiro atoms. The summed E-state index contributed by atoms with van der Waals surface area (Å²) < 4.78 is 36.8. The first-order valence-corrected chi connectivity index (χ1v) is 13.1. The van der Waals surface area contributed by atoms with Crippen LogP contribution in [0.5, 0.6) is 0 Å². The van der Waals surface area contributed by atoms with E-state index >= 15 is 0 Å². The number of morpholine rings is 1. The highest BCUT2D eigenvalue weighted by Crippen LogP contribution is 2.29. The van der Waals surface area contributed by atoms with Crippen molar-refractivity contribution >= 4 is 27.6 Å². The second kappa shape index (κ2) is 11.2. The van der Waals surface area contributed by atoms with Gasteiger partial charge in [0.1, 0.15) is 0 Å². The van der Waals surface area contributed by atoms with E-state index in [2.05, 4.69) is 16.7 Å². The van der Waals surface area contributed by atoms with Gasteiger partial charge in [-0.15, -0.1) is 11.8 Å². The summed E-state index contributed by atoms with van der Waals surface area (Å²) in [6.45, 7) is 3.23. The first-order chi connectivity index (χ1) is 15.8. The van der Waals surface area contributed by atoms with Gasteiger partial charge in [-0.1, -0.05) is 36.1 Å². The lowest BCUT2D eigenvalue weighted by Gasteiger charge is -2.25. The molecule has 7 nitrogen and oxygen atoms in total. The average molecular weight is 489 g/mol. The molecule has 1 fully saturated rings. The number of benzene rings is 2. The Bertz CT molecular complexity index is 1120. The Morgan fingerprint density at radius 2 is 1.67 bits per heavy atom. The molecule has 1 atom stereocenters. The van der Waals surface area contributed by atoms with E-state index in [1.54, 1.807) is 23.9 Å². The van der Waals surface area contributed by atoms with Crippen molar-refractivity contribution in [1.82, 2.24) is 4.90 Å². The van der Waals surface area contributed by atoms with E-state index in [1.165, 1.54) is 12.1 Å². The predicted molar refractivity (Wildman–Crippen MR) is 129 cm³/mol. The molecule has 33 heavy (non-hydrogen) atoms. The maximum Gasteiger partial charge on any atom is 0.343 e. The highest BCUT2D eigenvalue weighted by Gasteiger charge is 2.49. The molecular weight excluding hydrogens is 460 g/mol. The number of carbonyl (C=O) groups is 1. The van der Waals surface area contributed by atoms with E-state index in [4.69, 9.17) is 15.2 Å². The Kier molecular flexibility index (Phi) is 8.57. The van der Waals surface area contributed by atoms with E-state index in [1.807, 2.05) is 30.5 Å². The Balaban J connectivity index is 1.81. The average Bonchev–Trinajstić information content (AvgIpc) is 2.86. The summed E-state index contributed by atoms with van der Waals surface area (Å²) >= 11 is 1.65. The van der Waals surface area contributed by atoms with Crippen molar-refractivity contribution in [3.8, 4) is 23.0 Å². The number of nitrogens with zero attached hydrogens (tertiary/aromatic N) is 1. The molecule has 0 bridgehead atoms. The minimum Gasteiger partial charge on any atom is -0.467 e. The standard InChI is InChI=1S/C24H28N2O5S2/c1-30-23(27)24(25,13-3-4-14-26-15-17-31-18-16-26)33(28,29)22-11-7-20(8-12-22)19-5-9-21(32-2)10-6-19/h5-12H,13-18,25H2,1-2H3. The molecule has 1 saturated heterocycles. The van der Waals surface area contributed by atoms with Crippen LogP contribution in [0.1, 0.15) is 6.42 Å². The summed E-state index contributed by atoms with van der Waals surface area (Å²) in [7, 11) is -3.15. The Labute approximate surface area is 199 Å². The molecule has 1 aliphatic heterocycles. The van der Waals surface area contributed by atoms with Gasteiger partial charge in [-0.05, 0) is 41.6 Å². The molecule has 2 aromatic carbocycles. The molecular formula is C24H28N2O5S2. The van der Waals surface area contributed by atoms with Crippen LogP contribution >= 0.6 is 11.8 Å². The Hall–Kier alpha value is -2.35. The van der Waals surface area contributed by atoms with Gasteiger partial charge in [0.25, 0.3) is 0 Å². The number of rotatable bonds is 7. The zero-order valence-electron chi connectivity index (χ0n) is 18.7. The molecule has 1 heterocycles. The first-order valence-electron chi connectivity index (χ1n) is 10.4. The fourth-order valence-electron chi connectivity index (χ4n) is 3.39. The van der Waals surface area contributed by atoms with Crippen molar-refractivity contribution in [1.29, 1.82) is 0 Å². The molecule has 2 N–H and O–H groups in total. The van der Waals surface area contributed by atoms with Crippen LogP contribution in [-0.4, -0.2) is 70.4 Å². The summed E-state index contributed by atoms with van der Waals surface area (Å²) in [5, 5.41) is 0. The van der Waals surface area contributed by atoms with Gasteiger partial charge in [-0.3, -0.25) is 4.90 Å². The van der Waals surface area contributed by atoms with Gasteiger partial charge in [0.05, 0.1) is 38.2 Å². The summed E-state index contributed by atoms with van der Waals surface area (Å²) in [5.41, 5.74) is 7.97. The maximum atomic E-state index is 13.4. The fraction of sp³-hybridized carbons (Fsp3) is 0.375. The van der Waals surface area contributed by atoms with E-state index in [0.717, 1.165) is 36.2 Å². The lowest BCUT2D eigenvalue weighted by molar-refractivity contribution is -0.143. The lowest BCUT2D eigenvalue weighted by Crippen LogP contribution is -2.55. The summed E-state index contributed by atoms with van der Waals surface area (Å²) in [4.78, 5) is 13.3. The third kappa shape index (κ3) is 5.78. The minimum absolute atomic E-state index is 0.0603. The Morgan fingerprint density at radius 3 is 2.21 bits per heavy atom. The molecule has 0 aliphatic carbocycles. The third-order valence-electron chi connectivity index (χ3n) is 5.48. The van der Waals surface area contributed by atoms with Gasteiger partial charge >= 0.3 is 5.97 Å². The van der Waals surface area contributed by atoms with Gasteiger partial charge in [-0.2, -0.15) is 0 Å². The third-order valence-corrected chi connectivity index (χ3v) is 8.39. The number of thioether (sulfide) groups is 1. The van der Waals surface area contributed by atoms with Crippen LogP contribution < -0.4 is 5.73 Å². The monoisotopic (exact) mass is 488 g/mol. The Morgan fingerprint density at radius 1 is 1.09 bits per heavy atom. The van der Waals surface area contributed by atoms with Crippen molar-refractivity contribution in [2.75, 3.05) is 46.2 Å². The molecule has 1 aliphatic rings. The maximum absolute atomic E-state index is 13.4. The summed E-state index contributed by atoms with van der Waals surface area (Å²) in [6, 6.07) is 14.3. The fourth-order valence-corrected chi connectivity index (χ4v) is 5.28. The zero-order valence-corrected chi connectivity index (χ0v) is 20.4. The van der Waals surface area contributed by atoms with E-state index in [0.29, 0.717) is 19.8 Å². The van der Waals surface area contributed by atoms with Crippen LogP contribution in [-0.2, 0) is 24.1 Å². The number of esters is 1. The van der Waals surface area contributed by atoms with Crippen LogP contribution in [0.4, 0.5) is 0 Å². The lowest BCUT2D eigenvalue weighted by atomic mass is 10.1. The molecule has 3 rings (SSSR count). The van der Waals surface area contributed by atoms with Gasteiger partial charge in [0.15, 0.2) is 0 Å². The summed E-state index contributed by atoms with van der Waals surface area (Å²) in [6.07, 6.45) is 1.63. The second-order valence-electron chi connectivity index (χ2n) is 7.56. The van der Waals surface area contributed by atoms with Gasteiger partial charge in [0.2, 0.25) is 14.7 Å². The van der Waals surface area contributed by atoms with Crippen molar-refractivity contribution < 1.29 is 22.7 Å². The van der Waals surface area contributed by atoms with Crippen molar-refractivity contribution in [3.05, 3.63) is 48.5 Å².